The Kier molecular flexibility index (Phi) is 5.31. The van der Waals surface area contributed by atoms with E-state index in [-0.39, 0.29) is 0 Å². The Labute approximate surface area is 165 Å². The third kappa shape index (κ3) is 4.03. The lowest BCUT2D eigenvalue weighted by Crippen LogP contribution is -2.35. The van der Waals surface area contributed by atoms with E-state index in [4.69, 9.17) is 10.2 Å². The first-order chi connectivity index (χ1) is 13.7. The van der Waals surface area contributed by atoms with E-state index in [0.717, 1.165) is 48.3 Å². The number of anilines is 1. The van der Waals surface area contributed by atoms with Crippen LogP contribution in [-0.4, -0.2) is 29.1 Å². The molecule has 28 heavy (non-hydrogen) atoms. The molecule has 1 saturated heterocycles. The monoisotopic (exact) mass is 369 g/mol. The zero-order chi connectivity index (χ0) is 19.3. The van der Waals surface area contributed by atoms with E-state index in [1.165, 1.54) is 5.56 Å². The summed E-state index contributed by atoms with van der Waals surface area (Å²) in [4.78, 5) is 9.46. The van der Waals surface area contributed by atoms with Crippen LogP contribution in [0.2, 0.25) is 0 Å². The predicted octanol–water partition coefficient (Wildman–Crippen LogP) is 4.15. The molecule has 0 spiro atoms. The van der Waals surface area contributed by atoms with Gasteiger partial charge < -0.3 is 10.6 Å². The maximum Gasteiger partial charge on any atom is 0.223 e. The summed E-state index contributed by atoms with van der Waals surface area (Å²) in [5.74, 6) is 0.655. The smallest absolute Gasteiger partial charge is 0.223 e. The maximum atomic E-state index is 9.09. The fourth-order valence-corrected chi connectivity index (χ4v) is 3.47. The first-order valence-electron chi connectivity index (χ1n) is 9.65. The number of aryl methyl sites for hydroxylation is 1. The van der Waals surface area contributed by atoms with Crippen LogP contribution in [0, 0.1) is 18.3 Å². The summed E-state index contributed by atoms with van der Waals surface area (Å²) >= 11 is 0. The molecule has 5 nitrogen and oxygen atoms in total. The van der Waals surface area contributed by atoms with Crippen LogP contribution in [0.4, 0.5) is 5.95 Å². The van der Waals surface area contributed by atoms with Gasteiger partial charge in [-0.3, -0.25) is 0 Å². The van der Waals surface area contributed by atoms with E-state index in [2.05, 4.69) is 52.9 Å². The predicted molar refractivity (Wildman–Crippen MR) is 112 cm³/mol. The second-order valence-electron chi connectivity index (χ2n) is 7.18. The van der Waals surface area contributed by atoms with Crippen molar-refractivity contribution in [3.05, 3.63) is 65.9 Å². The average Bonchev–Trinajstić information content (AvgIpc) is 2.75. The SMILES string of the molecule is Cc1ccc(-c2cnc(NC3CCNCC3)nc2-c2ccc(C#N)cc2)cc1. The van der Waals surface area contributed by atoms with E-state index in [9.17, 15) is 0 Å². The average molecular weight is 369 g/mol. The summed E-state index contributed by atoms with van der Waals surface area (Å²) in [5.41, 5.74) is 5.78. The van der Waals surface area contributed by atoms with Gasteiger partial charge in [-0.05, 0) is 50.6 Å². The Hall–Kier alpha value is -3.23. The van der Waals surface area contributed by atoms with E-state index < -0.39 is 0 Å². The molecular formula is C23H23N5. The van der Waals surface area contributed by atoms with Crippen molar-refractivity contribution in [2.24, 2.45) is 0 Å². The van der Waals surface area contributed by atoms with Gasteiger partial charge in [-0.15, -0.1) is 0 Å². The highest BCUT2D eigenvalue weighted by atomic mass is 15.1. The third-order valence-corrected chi connectivity index (χ3v) is 5.11. The summed E-state index contributed by atoms with van der Waals surface area (Å²) in [6.07, 6.45) is 4.03. The van der Waals surface area contributed by atoms with Crippen LogP contribution < -0.4 is 10.6 Å². The molecule has 0 bridgehead atoms. The first kappa shape index (κ1) is 18.1. The number of aromatic nitrogens is 2. The minimum Gasteiger partial charge on any atom is -0.351 e. The molecule has 1 fully saturated rings. The van der Waals surface area contributed by atoms with Gasteiger partial charge in [0, 0.05) is 23.4 Å². The second-order valence-corrected chi connectivity index (χ2v) is 7.18. The van der Waals surface area contributed by atoms with Crippen molar-refractivity contribution in [1.82, 2.24) is 15.3 Å². The molecule has 0 atom stereocenters. The zero-order valence-electron chi connectivity index (χ0n) is 15.9. The molecule has 1 aromatic heterocycles. The van der Waals surface area contributed by atoms with Crippen molar-refractivity contribution in [2.75, 3.05) is 18.4 Å². The second kappa shape index (κ2) is 8.20. The molecule has 140 valence electrons. The minimum atomic E-state index is 0.389. The van der Waals surface area contributed by atoms with Crippen LogP contribution in [0.3, 0.4) is 0 Å². The van der Waals surface area contributed by atoms with Crippen LogP contribution in [0.5, 0.6) is 0 Å². The van der Waals surface area contributed by atoms with Gasteiger partial charge >= 0.3 is 0 Å². The quantitative estimate of drug-likeness (QED) is 0.722. The third-order valence-electron chi connectivity index (χ3n) is 5.11. The molecular weight excluding hydrogens is 346 g/mol. The minimum absolute atomic E-state index is 0.389. The Bertz CT molecular complexity index is 981. The molecule has 5 heteroatoms. The number of piperidine rings is 1. The number of nitrogens with one attached hydrogen (secondary N) is 2. The summed E-state index contributed by atoms with van der Waals surface area (Å²) in [6.45, 7) is 4.11. The molecule has 2 aromatic carbocycles. The number of rotatable bonds is 4. The van der Waals surface area contributed by atoms with E-state index in [1.807, 2.05) is 30.5 Å². The van der Waals surface area contributed by atoms with Crippen LogP contribution >= 0.6 is 0 Å². The van der Waals surface area contributed by atoms with E-state index >= 15 is 0 Å². The Morgan fingerprint density at radius 1 is 1.00 bits per heavy atom. The fourth-order valence-electron chi connectivity index (χ4n) is 3.47. The lowest BCUT2D eigenvalue weighted by atomic mass is 9.99. The van der Waals surface area contributed by atoms with Crippen LogP contribution in [-0.2, 0) is 0 Å². The molecule has 0 saturated carbocycles. The fraction of sp³-hybridized carbons (Fsp3) is 0.261. The summed E-state index contributed by atoms with van der Waals surface area (Å²) in [6, 6.07) is 18.5. The molecule has 0 aliphatic carbocycles. The number of benzene rings is 2. The number of nitriles is 1. The molecule has 0 radical (unpaired) electrons. The highest BCUT2D eigenvalue weighted by Gasteiger charge is 2.16. The largest absolute Gasteiger partial charge is 0.351 e. The number of hydrogen-bond acceptors (Lipinski definition) is 5. The van der Waals surface area contributed by atoms with Crippen molar-refractivity contribution < 1.29 is 0 Å². The van der Waals surface area contributed by atoms with Gasteiger partial charge in [0.2, 0.25) is 5.95 Å². The molecule has 4 rings (SSSR count). The topological polar surface area (TPSA) is 73.6 Å². The summed E-state index contributed by atoms with van der Waals surface area (Å²) in [7, 11) is 0. The maximum absolute atomic E-state index is 9.09. The highest BCUT2D eigenvalue weighted by Crippen LogP contribution is 2.31. The van der Waals surface area contributed by atoms with Crippen molar-refractivity contribution in [3.8, 4) is 28.5 Å². The standard InChI is InChI=1S/C23H23N5/c1-16-2-6-18(7-3-16)21-15-26-23(27-20-10-12-25-13-11-20)28-22(21)19-8-4-17(14-24)5-9-19/h2-9,15,20,25H,10-13H2,1H3,(H,26,27,28). The van der Waals surface area contributed by atoms with Crippen LogP contribution in [0.1, 0.15) is 24.0 Å². The normalized spacial score (nSPS) is 14.4. The lowest BCUT2D eigenvalue weighted by molar-refractivity contribution is 0.477. The molecule has 0 unspecified atom stereocenters. The van der Waals surface area contributed by atoms with Crippen molar-refractivity contribution in [2.45, 2.75) is 25.8 Å². The van der Waals surface area contributed by atoms with E-state index in [0.29, 0.717) is 17.6 Å². The first-order valence-corrected chi connectivity index (χ1v) is 9.65. The van der Waals surface area contributed by atoms with Crippen LogP contribution in [0.25, 0.3) is 22.4 Å². The van der Waals surface area contributed by atoms with Crippen molar-refractivity contribution in [1.29, 1.82) is 5.26 Å². The van der Waals surface area contributed by atoms with Gasteiger partial charge in [0.15, 0.2) is 0 Å². The Morgan fingerprint density at radius 2 is 1.68 bits per heavy atom. The summed E-state index contributed by atoms with van der Waals surface area (Å²) in [5, 5.41) is 16.0. The van der Waals surface area contributed by atoms with Crippen molar-refractivity contribution in [3.63, 3.8) is 0 Å². The zero-order valence-corrected chi connectivity index (χ0v) is 15.9. The van der Waals surface area contributed by atoms with Crippen LogP contribution in [0.15, 0.2) is 54.7 Å². The molecule has 0 amide bonds. The van der Waals surface area contributed by atoms with Crippen molar-refractivity contribution >= 4 is 5.95 Å². The lowest BCUT2D eigenvalue weighted by Gasteiger charge is -2.24. The molecule has 2 N–H and O–H groups in total. The van der Waals surface area contributed by atoms with Gasteiger partial charge in [0.25, 0.3) is 0 Å². The Morgan fingerprint density at radius 3 is 2.36 bits per heavy atom. The molecule has 2 heterocycles. The summed E-state index contributed by atoms with van der Waals surface area (Å²) < 4.78 is 0. The van der Waals surface area contributed by atoms with Gasteiger partial charge in [-0.2, -0.15) is 5.26 Å². The number of nitrogens with zero attached hydrogens (tertiary/aromatic N) is 3. The molecule has 3 aromatic rings. The van der Waals surface area contributed by atoms with Gasteiger partial charge in [0.1, 0.15) is 0 Å². The molecule has 1 aliphatic rings. The van der Waals surface area contributed by atoms with Gasteiger partial charge in [0.05, 0.1) is 17.3 Å². The Balaban J connectivity index is 1.74. The number of hydrogen-bond donors (Lipinski definition) is 2. The van der Waals surface area contributed by atoms with E-state index in [1.54, 1.807) is 0 Å². The van der Waals surface area contributed by atoms with Gasteiger partial charge in [-0.1, -0.05) is 42.0 Å². The molecule has 1 aliphatic heterocycles. The highest BCUT2D eigenvalue weighted by molar-refractivity contribution is 5.81. The van der Waals surface area contributed by atoms with Gasteiger partial charge in [-0.25, -0.2) is 9.97 Å².